The molecule has 0 saturated carbocycles. The molecule has 0 aliphatic heterocycles. The van der Waals surface area contributed by atoms with Crippen LogP contribution in [-0.4, -0.2) is 35.1 Å². The van der Waals surface area contributed by atoms with Crippen molar-refractivity contribution in [1.82, 2.24) is 10.2 Å². The van der Waals surface area contributed by atoms with Gasteiger partial charge in [-0.3, -0.25) is 9.59 Å². The van der Waals surface area contributed by atoms with Crippen molar-refractivity contribution in [1.29, 1.82) is 0 Å². The lowest BCUT2D eigenvalue weighted by Crippen LogP contribution is -2.48. The van der Waals surface area contributed by atoms with E-state index in [0.29, 0.717) is 18.1 Å². The summed E-state index contributed by atoms with van der Waals surface area (Å²) >= 11 is 7.35. The third-order valence-electron chi connectivity index (χ3n) is 4.13. The van der Waals surface area contributed by atoms with Crippen molar-refractivity contribution in [3.63, 3.8) is 0 Å². The maximum atomic E-state index is 12.9. The normalized spacial score (nSPS) is 11.7. The van der Waals surface area contributed by atoms with E-state index in [0.717, 1.165) is 16.0 Å². The third kappa shape index (κ3) is 6.60. The Morgan fingerprint density at radius 2 is 1.89 bits per heavy atom. The number of hydrogen-bond donors (Lipinski definition) is 1. The molecule has 0 unspecified atom stereocenters. The minimum absolute atomic E-state index is 0.0739. The first-order chi connectivity index (χ1) is 12.9. The molecule has 27 heavy (non-hydrogen) atoms. The molecule has 0 bridgehead atoms. The molecule has 2 rings (SSSR count). The molecule has 2 aromatic carbocycles. The molecular weight excluding hydrogens is 380 g/mol. The maximum Gasteiger partial charge on any atom is 0.242 e. The molecule has 1 N–H and O–H groups in total. The Kier molecular flexibility index (Phi) is 8.20. The fourth-order valence-electron chi connectivity index (χ4n) is 2.67. The number of halogens is 1. The zero-order valence-electron chi connectivity index (χ0n) is 15.9. The van der Waals surface area contributed by atoms with Crippen LogP contribution in [0.4, 0.5) is 0 Å². The summed E-state index contributed by atoms with van der Waals surface area (Å²) in [5, 5.41) is 3.47. The first-order valence-electron chi connectivity index (χ1n) is 8.91. The summed E-state index contributed by atoms with van der Waals surface area (Å²) in [6, 6.07) is 14.8. The molecule has 0 radical (unpaired) electrons. The van der Waals surface area contributed by atoms with E-state index in [1.54, 1.807) is 24.0 Å². The number of likely N-dealkylation sites (N-methyl/N-ethyl adjacent to an activating group) is 1. The van der Waals surface area contributed by atoms with Crippen LogP contribution in [0.2, 0.25) is 5.02 Å². The van der Waals surface area contributed by atoms with Gasteiger partial charge in [-0.2, -0.15) is 0 Å². The van der Waals surface area contributed by atoms with Crippen LogP contribution in [0.3, 0.4) is 0 Å². The van der Waals surface area contributed by atoms with Crippen molar-refractivity contribution in [2.45, 2.75) is 38.3 Å². The van der Waals surface area contributed by atoms with E-state index < -0.39 is 6.04 Å². The summed E-state index contributed by atoms with van der Waals surface area (Å²) in [4.78, 5) is 27.9. The van der Waals surface area contributed by atoms with Gasteiger partial charge >= 0.3 is 0 Å². The zero-order valence-corrected chi connectivity index (χ0v) is 17.4. The highest BCUT2D eigenvalue weighted by Crippen LogP contribution is 2.22. The lowest BCUT2D eigenvalue weighted by atomic mass is 10.1. The standard InChI is InChI=1S/C21H25ClN2O2S/c1-4-23-21(26)16(3)24(13-17-7-5-6-15(2)12-17)20(25)14-27-19-10-8-18(22)9-11-19/h5-12,16H,4,13-14H2,1-3H3,(H,23,26)/t16-/m1/s1. The Hall–Kier alpha value is -1.98. The smallest absolute Gasteiger partial charge is 0.242 e. The van der Waals surface area contributed by atoms with E-state index in [-0.39, 0.29) is 17.6 Å². The van der Waals surface area contributed by atoms with Gasteiger partial charge in [0, 0.05) is 23.0 Å². The monoisotopic (exact) mass is 404 g/mol. The number of rotatable bonds is 8. The molecule has 1 atom stereocenters. The Morgan fingerprint density at radius 3 is 2.52 bits per heavy atom. The van der Waals surface area contributed by atoms with Crippen molar-refractivity contribution in [3.8, 4) is 0 Å². The number of carbonyl (C=O) groups is 2. The van der Waals surface area contributed by atoms with E-state index >= 15 is 0 Å². The van der Waals surface area contributed by atoms with E-state index in [2.05, 4.69) is 5.32 Å². The molecule has 0 aromatic heterocycles. The Morgan fingerprint density at radius 1 is 1.19 bits per heavy atom. The van der Waals surface area contributed by atoms with Gasteiger partial charge in [-0.05, 0) is 50.6 Å². The van der Waals surface area contributed by atoms with Crippen LogP contribution in [0.1, 0.15) is 25.0 Å². The highest BCUT2D eigenvalue weighted by molar-refractivity contribution is 8.00. The summed E-state index contributed by atoms with van der Waals surface area (Å²) in [7, 11) is 0. The molecular formula is C21H25ClN2O2S. The van der Waals surface area contributed by atoms with Gasteiger partial charge in [0.25, 0.3) is 0 Å². The topological polar surface area (TPSA) is 49.4 Å². The number of aryl methyl sites for hydroxylation is 1. The highest BCUT2D eigenvalue weighted by Gasteiger charge is 2.25. The molecule has 0 saturated heterocycles. The van der Waals surface area contributed by atoms with Gasteiger partial charge in [0.1, 0.15) is 6.04 Å². The predicted molar refractivity (Wildman–Crippen MR) is 112 cm³/mol. The van der Waals surface area contributed by atoms with Crippen molar-refractivity contribution >= 4 is 35.2 Å². The Bertz CT molecular complexity index is 780. The average molecular weight is 405 g/mol. The van der Waals surface area contributed by atoms with Gasteiger partial charge in [0.15, 0.2) is 0 Å². The first kappa shape index (κ1) is 21.3. The van der Waals surface area contributed by atoms with Gasteiger partial charge in [0.2, 0.25) is 11.8 Å². The molecule has 2 aromatic rings. The number of hydrogen-bond acceptors (Lipinski definition) is 3. The van der Waals surface area contributed by atoms with E-state index in [4.69, 9.17) is 11.6 Å². The van der Waals surface area contributed by atoms with Crippen molar-refractivity contribution < 1.29 is 9.59 Å². The maximum absolute atomic E-state index is 12.9. The summed E-state index contributed by atoms with van der Waals surface area (Å²) in [5.74, 6) is 0.0437. The van der Waals surface area contributed by atoms with E-state index in [9.17, 15) is 9.59 Å². The van der Waals surface area contributed by atoms with Crippen molar-refractivity contribution in [3.05, 3.63) is 64.7 Å². The van der Waals surface area contributed by atoms with Crippen LogP contribution in [-0.2, 0) is 16.1 Å². The number of nitrogens with one attached hydrogen (secondary N) is 1. The first-order valence-corrected chi connectivity index (χ1v) is 10.3. The fraction of sp³-hybridized carbons (Fsp3) is 0.333. The van der Waals surface area contributed by atoms with Crippen LogP contribution in [0.5, 0.6) is 0 Å². The molecule has 4 nitrogen and oxygen atoms in total. The van der Waals surface area contributed by atoms with E-state index in [1.165, 1.54) is 11.8 Å². The summed E-state index contributed by atoms with van der Waals surface area (Å²) in [5.41, 5.74) is 2.14. The lowest BCUT2D eigenvalue weighted by Gasteiger charge is -2.28. The summed E-state index contributed by atoms with van der Waals surface area (Å²) in [6.45, 7) is 6.59. The van der Waals surface area contributed by atoms with Crippen molar-refractivity contribution in [2.24, 2.45) is 0 Å². The second kappa shape index (κ2) is 10.4. The fourth-order valence-corrected chi connectivity index (χ4v) is 3.58. The van der Waals surface area contributed by atoms with Crippen LogP contribution in [0, 0.1) is 6.92 Å². The third-order valence-corrected chi connectivity index (χ3v) is 5.38. The molecule has 6 heteroatoms. The SMILES string of the molecule is CCNC(=O)[C@@H](C)N(Cc1cccc(C)c1)C(=O)CSc1ccc(Cl)cc1. The molecule has 2 amide bonds. The predicted octanol–water partition coefficient (Wildman–Crippen LogP) is 4.29. The van der Waals surface area contributed by atoms with Crippen LogP contribution in [0.15, 0.2) is 53.4 Å². The number of amides is 2. The zero-order chi connectivity index (χ0) is 19.8. The van der Waals surface area contributed by atoms with Crippen LogP contribution in [0.25, 0.3) is 0 Å². The molecule has 0 fully saturated rings. The summed E-state index contributed by atoms with van der Waals surface area (Å²) < 4.78 is 0. The van der Waals surface area contributed by atoms with Crippen LogP contribution < -0.4 is 5.32 Å². The molecule has 0 aliphatic carbocycles. The van der Waals surface area contributed by atoms with Gasteiger partial charge < -0.3 is 10.2 Å². The largest absolute Gasteiger partial charge is 0.355 e. The lowest BCUT2D eigenvalue weighted by molar-refractivity contribution is -0.138. The average Bonchev–Trinajstić information content (AvgIpc) is 2.65. The number of nitrogens with zero attached hydrogens (tertiary/aromatic N) is 1. The minimum atomic E-state index is -0.538. The highest BCUT2D eigenvalue weighted by atomic mass is 35.5. The van der Waals surface area contributed by atoms with Gasteiger partial charge in [-0.1, -0.05) is 41.4 Å². The quantitative estimate of drug-likeness (QED) is 0.667. The van der Waals surface area contributed by atoms with Crippen molar-refractivity contribution in [2.75, 3.05) is 12.3 Å². The number of thioether (sulfide) groups is 1. The Balaban J connectivity index is 2.12. The van der Waals surface area contributed by atoms with Gasteiger partial charge in [-0.25, -0.2) is 0 Å². The van der Waals surface area contributed by atoms with Gasteiger partial charge in [0.05, 0.1) is 5.75 Å². The molecule has 0 heterocycles. The molecule has 144 valence electrons. The molecule has 0 spiro atoms. The molecule has 0 aliphatic rings. The minimum Gasteiger partial charge on any atom is -0.355 e. The second-order valence-electron chi connectivity index (χ2n) is 6.32. The second-order valence-corrected chi connectivity index (χ2v) is 7.81. The summed E-state index contributed by atoms with van der Waals surface area (Å²) in [6.07, 6.45) is 0. The number of benzene rings is 2. The Labute approximate surface area is 170 Å². The van der Waals surface area contributed by atoms with Crippen LogP contribution >= 0.6 is 23.4 Å². The van der Waals surface area contributed by atoms with Gasteiger partial charge in [-0.15, -0.1) is 11.8 Å². The number of carbonyl (C=O) groups excluding carboxylic acids is 2. The van der Waals surface area contributed by atoms with E-state index in [1.807, 2.05) is 50.2 Å².